The standard InChI is InChI=1S/C15H17NO2S/c1-17-15(18-2)13-9-19-14(16-13)12-8-7-10-5-3-4-6-11(10)12/h3-6,9,12,15H,7-8H2,1-2H3. The van der Waals surface area contributed by atoms with Crippen molar-refractivity contribution < 1.29 is 9.47 Å². The maximum atomic E-state index is 5.25. The lowest BCUT2D eigenvalue weighted by molar-refractivity contribution is -0.108. The maximum absolute atomic E-state index is 5.25. The summed E-state index contributed by atoms with van der Waals surface area (Å²) in [6.07, 6.45) is 1.94. The van der Waals surface area contributed by atoms with Gasteiger partial charge in [0.05, 0.1) is 0 Å². The minimum atomic E-state index is -0.360. The molecular formula is C15H17NO2S. The monoisotopic (exact) mass is 275 g/mol. The summed E-state index contributed by atoms with van der Waals surface area (Å²) in [6.45, 7) is 0. The van der Waals surface area contributed by atoms with Crippen LogP contribution in [0.4, 0.5) is 0 Å². The van der Waals surface area contributed by atoms with Crippen molar-refractivity contribution >= 4 is 11.3 Å². The lowest BCUT2D eigenvalue weighted by Gasteiger charge is -2.10. The van der Waals surface area contributed by atoms with Gasteiger partial charge < -0.3 is 9.47 Å². The minimum absolute atomic E-state index is 0.360. The molecular weight excluding hydrogens is 258 g/mol. The summed E-state index contributed by atoms with van der Waals surface area (Å²) in [6, 6.07) is 8.66. The third-order valence-electron chi connectivity index (χ3n) is 3.64. The fourth-order valence-electron chi connectivity index (χ4n) is 2.72. The molecule has 1 heterocycles. The van der Waals surface area contributed by atoms with Gasteiger partial charge in [0.1, 0.15) is 10.7 Å². The van der Waals surface area contributed by atoms with Crippen LogP contribution in [0.25, 0.3) is 0 Å². The molecule has 19 heavy (non-hydrogen) atoms. The Morgan fingerprint density at radius 1 is 1.26 bits per heavy atom. The normalized spacial score (nSPS) is 17.9. The van der Waals surface area contributed by atoms with Crippen molar-refractivity contribution in [2.75, 3.05) is 14.2 Å². The quantitative estimate of drug-likeness (QED) is 0.800. The topological polar surface area (TPSA) is 31.4 Å². The van der Waals surface area contributed by atoms with E-state index in [4.69, 9.17) is 14.5 Å². The molecule has 1 aromatic carbocycles. The second-order valence-corrected chi connectivity index (χ2v) is 5.59. The predicted octanol–water partition coefficient (Wildman–Crippen LogP) is 3.51. The van der Waals surface area contributed by atoms with Crippen LogP contribution in [0.3, 0.4) is 0 Å². The van der Waals surface area contributed by atoms with Crippen molar-refractivity contribution in [3.8, 4) is 0 Å². The van der Waals surface area contributed by atoms with Crippen LogP contribution < -0.4 is 0 Å². The molecule has 0 spiro atoms. The first kappa shape index (κ1) is 12.8. The van der Waals surface area contributed by atoms with E-state index in [0.29, 0.717) is 5.92 Å². The summed E-state index contributed by atoms with van der Waals surface area (Å²) in [7, 11) is 3.27. The minimum Gasteiger partial charge on any atom is -0.350 e. The summed E-state index contributed by atoms with van der Waals surface area (Å²) in [5, 5.41) is 3.20. The van der Waals surface area contributed by atoms with Gasteiger partial charge in [-0.1, -0.05) is 24.3 Å². The summed E-state index contributed by atoms with van der Waals surface area (Å²) in [5.74, 6) is 0.435. The summed E-state index contributed by atoms with van der Waals surface area (Å²) >= 11 is 1.70. The molecule has 1 atom stereocenters. The van der Waals surface area contributed by atoms with Crippen molar-refractivity contribution in [1.82, 2.24) is 4.98 Å². The molecule has 0 bridgehead atoms. The van der Waals surface area contributed by atoms with E-state index in [2.05, 4.69) is 24.3 Å². The van der Waals surface area contributed by atoms with Crippen LogP contribution in [0.15, 0.2) is 29.6 Å². The van der Waals surface area contributed by atoms with Crippen LogP contribution in [0.5, 0.6) is 0 Å². The van der Waals surface area contributed by atoms with E-state index in [1.165, 1.54) is 16.1 Å². The lowest BCUT2D eigenvalue weighted by atomic mass is 10.0. The SMILES string of the molecule is COC(OC)c1csc(C2CCc3ccccc32)n1. The Bertz CT molecular complexity index is 563. The van der Waals surface area contributed by atoms with Gasteiger partial charge in [0.2, 0.25) is 6.29 Å². The van der Waals surface area contributed by atoms with Crippen molar-refractivity contribution in [1.29, 1.82) is 0 Å². The molecule has 1 aliphatic rings. The van der Waals surface area contributed by atoms with Crippen LogP contribution in [0.2, 0.25) is 0 Å². The largest absolute Gasteiger partial charge is 0.350 e. The van der Waals surface area contributed by atoms with Crippen LogP contribution in [0, 0.1) is 0 Å². The zero-order chi connectivity index (χ0) is 13.2. The zero-order valence-electron chi connectivity index (χ0n) is 11.1. The predicted molar refractivity (Wildman–Crippen MR) is 75.5 cm³/mol. The molecule has 4 heteroatoms. The average Bonchev–Trinajstić information content (AvgIpc) is 3.06. The molecule has 0 fully saturated rings. The van der Waals surface area contributed by atoms with Gasteiger partial charge in [-0.25, -0.2) is 4.98 Å². The number of hydrogen-bond acceptors (Lipinski definition) is 4. The zero-order valence-corrected chi connectivity index (χ0v) is 11.9. The number of aryl methyl sites for hydroxylation is 1. The number of hydrogen-bond donors (Lipinski definition) is 0. The number of rotatable bonds is 4. The van der Waals surface area contributed by atoms with Crippen molar-refractivity contribution in [3.63, 3.8) is 0 Å². The Balaban J connectivity index is 1.88. The smallest absolute Gasteiger partial charge is 0.201 e. The molecule has 0 N–H and O–H groups in total. The molecule has 1 aromatic heterocycles. The number of nitrogens with zero attached hydrogens (tertiary/aromatic N) is 1. The van der Waals surface area contributed by atoms with Gasteiger partial charge in [-0.05, 0) is 24.0 Å². The number of fused-ring (bicyclic) bond motifs is 1. The molecule has 3 nitrogen and oxygen atoms in total. The Morgan fingerprint density at radius 3 is 2.84 bits per heavy atom. The first-order valence-electron chi connectivity index (χ1n) is 6.42. The molecule has 100 valence electrons. The Kier molecular flexibility index (Phi) is 3.64. The molecule has 1 aliphatic carbocycles. The fraction of sp³-hybridized carbons (Fsp3) is 0.400. The molecule has 0 amide bonds. The van der Waals surface area contributed by atoms with E-state index in [9.17, 15) is 0 Å². The lowest BCUT2D eigenvalue weighted by Crippen LogP contribution is -2.05. The Labute approximate surface area is 117 Å². The van der Waals surface area contributed by atoms with Crippen LogP contribution >= 0.6 is 11.3 Å². The number of thiazole rings is 1. The molecule has 1 unspecified atom stereocenters. The van der Waals surface area contributed by atoms with Crippen molar-refractivity contribution in [3.05, 3.63) is 51.5 Å². The van der Waals surface area contributed by atoms with Gasteiger partial charge in [0.25, 0.3) is 0 Å². The number of ether oxygens (including phenoxy) is 2. The number of methoxy groups -OCH3 is 2. The van der Waals surface area contributed by atoms with Crippen LogP contribution in [0.1, 0.15) is 40.5 Å². The maximum Gasteiger partial charge on any atom is 0.201 e. The van der Waals surface area contributed by atoms with E-state index in [1.807, 2.05) is 5.38 Å². The average molecular weight is 275 g/mol. The second kappa shape index (κ2) is 5.41. The van der Waals surface area contributed by atoms with E-state index in [1.54, 1.807) is 25.6 Å². The van der Waals surface area contributed by atoms with Crippen LogP contribution in [-0.4, -0.2) is 19.2 Å². The number of aromatic nitrogens is 1. The van der Waals surface area contributed by atoms with E-state index < -0.39 is 0 Å². The van der Waals surface area contributed by atoms with Crippen molar-refractivity contribution in [2.24, 2.45) is 0 Å². The van der Waals surface area contributed by atoms with E-state index in [0.717, 1.165) is 18.5 Å². The highest BCUT2D eigenvalue weighted by molar-refractivity contribution is 7.09. The highest BCUT2D eigenvalue weighted by Crippen LogP contribution is 2.39. The van der Waals surface area contributed by atoms with Gasteiger partial charge in [0, 0.05) is 25.5 Å². The first-order valence-corrected chi connectivity index (χ1v) is 7.30. The second-order valence-electron chi connectivity index (χ2n) is 4.70. The number of benzene rings is 1. The molecule has 0 aliphatic heterocycles. The fourth-order valence-corrected chi connectivity index (χ4v) is 3.69. The van der Waals surface area contributed by atoms with E-state index >= 15 is 0 Å². The summed E-state index contributed by atoms with van der Waals surface area (Å²) < 4.78 is 10.5. The Hall–Kier alpha value is -1.23. The Morgan fingerprint density at radius 2 is 2.05 bits per heavy atom. The molecule has 0 saturated heterocycles. The molecule has 2 aromatic rings. The van der Waals surface area contributed by atoms with Gasteiger partial charge in [0.15, 0.2) is 0 Å². The molecule has 0 saturated carbocycles. The summed E-state index contributed by atoms with van der Waals surface area (Å²) in [5.41, 5.74) is 3.75. The van der Waals surface area contributed by atoms with Gasteiger partial charge in [-0.15, -0.1) is 11.3 Å². The highest BCUT2D eigenvalue weighted by Gasteiger charge is 2.26. The first-order chi connectivity index (χ1) is 9.33. The molecule has 0 radical (unpaired) electrons. The van der Waals surface area contributed by atoms with Gasteiger partial charge in [-0.2, -0.15) is 0 Å². The molecule has 3 rings (SSSR count). The third-order valence-corrected chi connectivity index (χ3v) is 4.62. The van der Waals surface area contributed by atoms with Gasteiger partial charge >= 0.3 is 0 Å². The van der Waals surface area contributed by atoms with Crippen LogP contribution in [-0.2, 0) is 15.9 Å². The highest BCUT2D eigenvalue weighted by atomic mass is 32.1. The summed E-state index contributed by atoms with van der Waals surface area (Å²) in [4.78, 5) is 4.70. The van der Waals surface area contributed by atoms with E-state index in [-0.39, 0.29) is 6.29 Å². The van der Waals surface area contributed by atoms with Gasteiger partial charge in [-0.3, -0.25) is 0 Å². The third kappa shape index (κ3) is 2.31. The van der Waals surface area contributed by atoms with Crippen molar-refractivity contribution in [2.45, 2.75) is 25.0 Å².